The summed E-state index contributed by atoms with van der Waals surface area (Å²) in [4.78, 5) is 38.3. The van der Waals surface area contributed by atoms with Crippen LogP contribution in [-0.4, -0.2) is 37.2 Å². The summed E-state index contributed by atoms with van der Waals surface area (Å²) >= 11 is 0. The number of unbranched alkanes of at least 4 members (excludes halogenated alkanes) is 28. The molecule has 434 valence electrons. The first-order valence-corrected chi connectivity index (χ1v) is 31.9. The molecule has 0 fully saturated rings. The van der Waals surface area contributed by atoms with Gasteiger partial charge in [0.1, 0.15) is 13.2 Å². The van der Waals surface area contributed by atoms with Crippen LogP contribution in [0.15, 0.2) is 109 Å². The van der Waals surface area contributed by atoms with Crippen LogP contribution in [0.25, 0.3) is 0 Å². The SMILES string of the molecule is CC/C=C\C/C=C\C/C=C\C/C=C\C/C=C\CCCCCCCCCC(=O)OCC(COC(=O)CCCCCCC/C=C\CCCCCCCCC)OC(=O)CCCCCCCC/C=C\C/C=C\C/C=C\CCCCC. The van der Waals surface area contributed by atoms with Gasteiger partial charge in [-0.1, -0.05) is 259 Å². The van der Waals surface area contributed by atoms with Crippen LogP contribution in [0.4, 0.5) is 0 Å². The lowest BCUT2D eigenvalue weighted by Crippen LogP contribution is -2.30. The van der Waals surface area contributed by atoms with E-state index in [1.807, 2.05) is 0 Å². The van der Waals surface area contributed by atoms with Crippen molar-refractivity contribution in [3.05, 3.63) is 109 Å². The number of allylic oxidation sites excluding steroid dienone is 18. The lowest BCUT2D eigenvalue weighted by atomic mass is 10.1. The number of esters is 3. The van der Waals surface area contributed by atoms with E-state index in [1.54, 1.807) is 0 Å². The summed E-state index contributed by atoms with van der Waals surface area (Å²) in [6, 6.07) is 0. The minimum Gasteiger partial charge on any atom is -0.462 e. The molecule has 0 radical (unpaired) electrons. The minimum absolute atomic E-state index is 0.0919. The molecule has 1 atom stereocenters. The van der Waals surface area contributed by atoms with Crippen LogP contribution in [-0.2, 0) is 28.6 Å². The lowest BCUT2D eigenvalue weighted by molar-refractivity contribution is -0.167. The van der Waals surface area contributed by atoms with Gasteiger partial charge in [-0.25, -0.2) is 0 Å². The van der Waals surface area contributed by atoms with Crippen LogP contribution in [0.3, 0.4) is 0 Å². The molecule has 0 aliphatic carbocycles. The zero-order chi connectivity index (χ0) is 55.0. The molecule has 0 heterocycles. The quantitative estimate of drug-likeness (QED) is 0.0261. The second kappa shape index (κ2) is 63.6. The zero-order valence-corrected chi connectivity index (χ0v) is 49.7. The van der Waals surface area contributed by atoms with E-state index in [-0.39, 0.29) is 31.1 Å². The van der Waals surface area contributed by atoms with Crippen molar-refractivity contribution in [2.75, 3.05) is 13.2 Å². The average molecular weight is 1060 g/mol. The molecular weight excluding hydrogens is 937 g/mol. The van der Waals surface area contributed by atoms with Crippen molar-refractivity contribution in [2.24, 2.45) is 0 Å². The summed E-state index contributed by atoms with van der Waals surface area (Å²) < 4.78 is 16.9. The fourth-order valence-electron chi connectivity index (χ4n) is 8.71. The third-order valence-electron chi connectivity index (χ3n) is 13.5. The Balaban J connectivity index is 4.44. The molecule has 0 aliphatic rings. The second-order valence-corrected chi connectivity index (χ2v) is 20.9. The number of carbonyl (C=O) groups excluding carboxylic acids is 3. The molecule has 1 unspecified atom stereocenters. The number of rotatable bonds is 57. The normalized spacial score (nSPS) is 12.8. The first-order chi connectivity index (χ1) is 37.5. The topological polar surface area (TPSA) is 78.9 Å². The van der Waals surface area contributed by atoms with E-state index >= 15 is 0 Å². The van der Waals surface area contributed by atoms with Gasteiger partial charge in [0.15, 0.2) is 6.10 Å². The van der Waals surface area contributed by atoms with Crippen molar-refractivity contribution in [1.29, 1.82) is 0 Å². The Kier molecular flexibility index (Phi) is 60.3. The number of hydrogen-bond donors (Lipinski definition) is 0. The van der Waals surface area contributed by atoms with Gasteiger partial charge < -0.3 is 14.2 Å². The van der Waals surface area contributed by atoms with Crippen molar-refractivity contribution >= 4 is 17.9 Å². The molecule has 0 aromatic rings. The van der Waals surface area contributed by atoms with Gasteiger partial charge in [0.05, 0.1) is 0 Å². The average Bonchev–Trinajstić information content (AvgIpc) is 3.42. The Bertz CT molecular complexity index is 1540. The van der Waals surface area contributed by atoms with Crippen molar-refractivity contribution in [1.82, 2.24) is 0 Å². The van der Waals surface area contributed by atoms with E-state index in [0.717, 1.165) is 128 Å². The van der Waals surface area contributed by atoms with Gasteiger partial charge in [0.2, 0.25) is 0 Å². The second-order valence-electron chi connectivity index (χ2n) is 20.9. The van der Waals surface area contributed by atoms with Crippen LogP contribution in [0.1, 0.15) is 297 Å². The summed E-state index contributed by atoms with van der Waals surface area (Å²) in [6.07, 6.45) is 86.5. The summed E-state index contributed by atoms with van der Waals surface area (Å²) in [6.45, 7) is 6.49. The van der Waals surface area contributed by atoms with Crippen LogP contribution in [0, 0.1) is 0 Å². The Morgan fingerprint density at radius 1 is 0.276 bits per heavy atom. The maximum Gasteiger partial charge on any atom is 0.306 e. The first kappa shape index (κ1) is 72.1. The highest BCUT2D eigenvalue weighted by Crippen LogP contribution is 2.15. The number of carbonyl (C=O) groups is 3. The third-order valence-corrected chi connectivity index (χ3v) is 13.5. The van der Waals surface area contributed by atoms with Gasteiger partial charge in [0.25, 0.3) is 0 Å². The summed E-state index contributed by atoms with van der Waals surface area (Å²) in [5, 5.41) is 0. The number of ether oxygens (including phenoxy) is 3. The van der Waals surface area contributed by atoms with E-state index < -0.39 is 6.10 Å². The first-order valence-electron chi connectivity index (χ1n) is 31.9. The largest absolute Gasteiger partial charge is 0.462 e. The van der Waals surface area contributed by atoms with E-state index in [1.165, 1.54) is 128 Å². The van der Waals surface area contributed by atoms with E-state index in [0.29, 0.717) is 19.3 Å². The molecule has 0 spiro atoms. The van der Waals surface area contributed by atoms with Gasteiger partial charge in [0, 0.05) is 19.3 Å². The van der Waals surface area contributed by atoms with Crippen LogP contribution < -0.4 is 0 Å². The summed E-state index contributed by atoms with van der Waals surface area (Å²) in [7, 11) is 0. The molecule has 0 aromatic heterocycles. The van der Waals surface area contributed by atoms with Crippen molar-refractivity contribution < 1.29 is 28.6 Å². The molecular formula is C70H118O6. The van der Waals surface area contributed by atoms with E-state index in [2.05, 4.69) is 130 Å². The molecule has 0 saturated carbocycles. The van der Waals surface area contributed by atoms with Gasteiger partial charge in [-0.05, 0) is 128 Å². The maximum atomic E-state index is 12.9. The fourth-order valence-corrected chi connectivity index (χ4v) is 8.71. The van der Waals surface area contributed by atoms with E-state index in [4.69, 9.17) is 14.2 Å². The fraction of sp³-hybridized carbons (Fsp3) is 0.700. The van der Waals surface area contributed by atoms with Crippen molar-refractivity contribution in [3.63, 3.8) is 0 Å². The maximum absolute atomic E-state index is 12.9. The highest BCUT2D eigenvalue weighted by molar-refractivity contribution is 5.71. The van der Waals surface area contributed by atoms with Crippen molar-refractivity contribution in [2.45, 2.75) is 303 Å². The molecule has 6 nitrogen and oxygen atoms in total. The Labute approximate surface area is 470 Å². The Hall–Kier alpha value is -3.93. The lowest BCUT2D eigenvalue weighted by Gasteiger charge is -2.18. The molecule has 0 bridgehead atoms. The monoisotopic (exact) mass is 1050 g/mol. The molecule has 0 N–H and O–H groups in total. The molecule has 76 heavy (non-hydrogen) atoms. The number of hydrogen-bond acceptors (Lipinski definition) is 6. The summed E-state index contributed by atoms with van der Waals surface area (Å²) in [5.41, 5.74) is 0. The van der Waals surface area contributed by atoms with Gasteiger partial charge in [-0.15, -0.1) is 0 Å². The molecule has 0 amide bonds. The van der Waals surface area contributed by atoms with Crippen LogP contribution in [0.2, 0.25) is 0 Å². The Morgan fingerprint density at radius 3 is 0.842 bits per heavy atom. The van der Waals surface area contributed by atoms with Crippen LogP contribution in [0.5, 0.6) is 0 Å². The molecule has 0 rings (SSSR count). The van der Waals surface area contributed by atoms with E-state index in [9.17, 15) is 14.4 Å². The predicted octanol–water partition coefficient (Wildman–Crippen LogP) is 21.8. The molecule has 0 aliphatic heterocycles. The third kappa shape index (κ3) is 60.9. The van der Waals surface area contributed by atoms with Crippen molar-refractivity contribution in [3.8, 4) is 0 Å². The van der Waals surface area contributed by atoms with Gasteiger partial charge >= 0.3 is 17.9 Å². The molecule has 0 aromatic carbocycles. The minimum atomic E-state index is -0.797. The summed E-state index contributed by atoms with van der Waals surface area (Å²) in [5.74, 6) is -0.916. The predicted molar refractivity (Wildman–Crippen MR) is 330 cm³/mol. The highest BCUT2D eigenvalue weighted by atomic mass is 16.6. The zero-order valence-electron chi connectivity index (χ0n) is 49.7. The molecule has 0 saturated heterocycles. The van der Waals surface area contributed by atoms with Gasteiger partial charge in [-0.3, -0.25) is 14.4 Å². The molecule has 6 heteroatoms. The Morgan fingerprint density at radius 2 is 0.513 bits per heavy atom. The highest BCUT2D eigenvalue weighted by Gasteiger charge is 2.19. The van der Waals surface area contributed by atoms with Gasteiger partial charge in [-0.2, -0.15) is 0 Å². The standard InChI is InChI=1S/C70H118O6/c1-4-7-10-13-16-19-22-25-28-31-33-34-35-36-38-39-42-45-48-51-54-57-60-63-69(72)75-66-67(65-74-68(71)62-59-56-53-50-47-44-41-30-27-24-21-18-15-12-9-6-3)76-70(73)64-61-58-55-52-49-46-43-40-37-32-29-26-23-20-17-14-11-8-5-2/h7,10,16-17,19-20,25-26,28-30,33-34,36-38,40-41,67H,4-6,8-9,11-15,18,21-24,27,31-32,35,39,42-66H2,1-3H3/b10-7-,19-16-,20-17-,28-25-,29-26-,34-33-,38-36-,40-37-,41-30-. The van der Waals surface area contributed by atoms with Crippen LogP contribution >= 0.6 is 0 Å². The smallest absolute Gasteiger partial charge is 0.306 e.